The van der Waals surface area contributed by atoms with E-state index < -0.39 is 4.51 Å². The van der Waals surface area contributed by atoms with Gasteiger partial charge in [-0.2, -0.15) is 0 Å². The Labute approximate surface area is 122 Å². The van der Waals surface area contributed by atoms with E-state index in [2.05, 4.69) is 25.9 Å². The molecule has 1 atom stereocenters. The summed E-state index contributed by atoms with van der Waals surface area (Å²) in [6.45, 7) is 5.87. The molecule has 0 radical (unpaired) electrons. The molecular formula is C15H17BrN2O. The summed E-state index contributed by atoms with van der Waals surface area (Å²) in [5, 5.41) is 0. The molecular weight excluding hydrogens is 304 g/mol. The number of halogens is 1. The third-order valence-electron chi connectivity index (χ3n) is 3.21. The SMILES string of the molecule is COC(Br)(c1ccccc1)c1nc(C)c(C)nc1C. The van der Waals surface area contributed by atoms with Crippen LogP contribution in [0.1, 0.15) is 28.3 Å². The number of nitrogens with zero attached hydrogens (tertiary/aromatic N) is 2. The number of aromatic nitrogens is 2. The summed E-state index contributed by atoms with van der Waals surface area (Å²) < 4.78 is 4.94. The van der Waals surface area contributed by atoms with Gasteiger partial charge in [-0.25, -0.2) is 4.98 Å². The van der Waals surface area contributed by atoms with E-state index in [1.807, 2.05) is 51.1 Å². The summed E-state index contributed by atoms with van der Waals surface area (Å²) in [5.74, 6) is 0. The molecule has 0 bridgehead atoms. The number of methoxy groups -OCH3 is 1. The molecule has 0 N–H and O–H groups in total. The van der Waals surface area contributed by atoms with Gasteiger partial charge in [-0.05, 0) is 36.7 Å². The highest BCUT2D eigenvalue weighted by Gasteiger charge is 2.35. The predicted octanol–water partition coefficient (Wildman–Crippen LogP) is 3.64. The highest BCUT2D eigenvalue weighted by Crippen LogP contribution is 2.39. The van der Waals surface area contributed by atoms with Gasteiger partial charge < -0.3 is 4.74 Å². The normalized spacial score (nSPS) is 14.2. The van der Waals surface area contributed by atoms with Crippen molar-refractivity contribution in [2.45, 2.75) is 25.3 Å². The van der Waals surface area contributed by atoms with Crippen LogP contribution >= 0.6 is 15.9 Å². The third kappa shape index (κ3) is 2.55. The number of benzene rings is 1. The van der Waals surface area contributed by atoms with Gasteiger partial charge in [-0.15, -0.1) is 0 Å². The second kappa shape index (κ2) is 5.39. The van der Waals surface area contributed by atoms with Crippen molar-refractivity contribution in [2.75, 3.05) is 7.11 Å². The number of hydrogen-bond donors (Lipinski definition) is 0. The Bertz CT molecular complexity index is 586. The van der Waals surface area contributed by atoms with Gasteiger partial charge in [0.2, 0.25) is 0 Å². The van der Waals surface area contributed by atoms with Crippen LogP contribution in [0.15, 0.2) is 30.3 Å². The Morgan fingerprint density at radius 1 is 0.947 bits per heavy atom. The van der Waals surface area contributed by atoms with Crippen molar-refractivity contribution in [2.24, 2.45) is 0 Å². The standard InChI is InChI=1S/C15H17BrN2O/c1-10-11(2)18-14(12(3)17-10)15(16,19-4)13-8-6-5-7-9-13/h5-9H,1-4H3. The molecule has 19 heavy (non-hydrogen) atoms. The van der Waals surface area contributed by atoms with E-state index >= 15 is 0 Å². The van der Waals surface area contributed by atoms with Crippen LogP contribution in [0.5, 0.6) is 0 Å². The first-order valence-electron chi connectivity index (χ1n) is 6.11. The molecule has 0 aliphatic carbocycles. The number of ether oxygens (including phenoxy) is 1. The number of hydrogen-bond acceptors (Lipinski definition) is 3. The molecule has 3 nitrogen and oxygen atoms in total. The van der Waals surface area contributed by atoms with Gasteiger partial charge in [-0.3, -0.25) is 4.98 Å². The van der Waals surface area contributed by atoms with E-state index in [1.54, 1.807) is 7.11 Å². The van der Waals surface area contributed by atoms with Crippen molar-refractivity contribution in [1.82, 2.24) is 9.97 Å². The zero-order chi connectivity index (χ0) is 14.0. The van der Waals surface area contributed by atoms with Crippen LogP contribution in [-0.2, 0) is 9.25 Å². The van der Waals surface area contributed by atoms with Crippen molar-refractivity contribution >= 4 is 15.9 Å². The summed E-state index contributed by atoms with van der Waals surface area (Å²) in [7, 11) is 1.66. The summed E-state index contributed by atoms with van der Waals surface area (Å²) >= 11 is 3.69. The zero-order valence-corrected chi connectivity index (χ0v) is 13.2. The van der Waals surface area contributed by atoms with E-state index in [0.717, 1.165) is 28.3 Å². The van der Waals surface area contributed by atoms with Gasteiger partial charge >= 0.3 is 0 Å². The molecule has 1 aromatic heterocycles. The largest absolute Gasteiger partial charge is 0.357 e. The molecule has 1 aromatic carbocycles. The smallest absolute Gasteiger partial charge is 0.191 e. The Morgan fingerprint density at radius 3 is 2.11 bits per heavy atom. The van der Waals surface area contributed by atoms with Crippen LogP contribution in [0.2, 0.25) is 0 Å². The summed E-state index contributed by atoms with van der Waals surface area (Å²) in [6, 6.07) is 9.96. The van der Waals surface area contributed by atoms with Crippen molar-refractivity contribution in [1.29, 1.82) is 0 Å². The fraction of sp³-hybridized carbons (Fsp3) is 0.333. The molecule has 0 aliphatic heterocycles. The van der Waals surface area contributed by atoms with E-state index in [4.69, 9.17) is 4.74 Å². The highest BCUT2D eigenvalue weighted by atomic mass is 79.9. The minimum atomic E-state index is -0.760. The van der Waals surface area contributed by atoms with Crippen molar-refractivity contribution < 1.29 is 4.74 Å². The summed E-state index contributed by atoms with van der Waals surface area (Å²) in [6.07, 6.45) is 0. The monoisotopic (exact) mass is 320 g/mol. The fourth-order valence-electron chi connectivity index (χ4n) is 2.02. The molecule has 2 rings (SSSR count). The molecule has 0 saturated carbocycles. The van der Waals surface area contributed by atoms with Crippen LogP contribution in [-0.4, -0.2) is 17.1 Å². The lowest BCUT2D eigenvalue weighted by Crippen LogP contribution is -2.26. The van der Waals surface area contributed by atoms with Crippen LogP contribution in [0, 0.1) is 20.8 Å². The molecule has 100 valence electrons. The molecule has 0 aliphatic rings. The van der Waals surface area contributed by atoms with Gasteiger partial charge in [0.25, 0.3) is 0 Å². The summed E-state index contributed by atoms with van der Waals surface area (Å²) in [5.41, 5.74) is 4.52. The number of aryl methyl sites for hydroxylation is 3. The lowest BCUT2D eigenvalue weighted by molar-refractivity contribution is 0.106. The minimum Gasteiger partial charge on any atom is -0.357 e. The average molecular weight is 321 g/mol. The molecule has 2 aromatic rings. The maximum Gasteiger partial charge on any atom is 0.191 e. The highest BCUT2D eigenvalue weighted by molar-refractivity contribution is 9.09. The Hall–Kier alpha value is -1.26. The average Bonchev–Trinajstić information content (AvgIpc) is 2.43. The molecule has 0 saturated heterocycles. The first-order chi connectivity index (χ1) is 8.99. The maximum absolute atomic E-state index is 5.70. The van der Waals surface area contributed by atoms with Crippen molar-refractivity contribution in [3.05, 3.63) is 58.7 Å². The van der Waals surface area contributed by atoms with E-state index in [1.165, 1.54) is 0 Å². The molecule has 0 amide bonds. The van der Waals surface area contributed by atoms with Gasteiger partial charge in [-0.1, -0.05) is 30.3 Å². The Kier molecular flexibility index (Phi) is 4.02. The van der Waals surface area contributed by atoms with Crippen LogP contribution in [0.4, 0.5) is 0 Å². The summed E-state index contributed by atoms with van der Waals surface area (Å²) in [4.78, 5) is 9.20. The minimum absolute atomic E-state index is 0.760. The Balaban J connectivity index is 2.63. The first kappa shape index (κ1) is 14.2. The quantitative estimate of drug-likeness (QED) is 0.810. The van der Waals surface area contributed by atoms with Crippen molar-refractivity contribution in [3.63, 3.8) is 0 Å². The second-order valence-corrected chi connectivity index (χ2v) is 5.61. The van der Waals surface area contributed by atoms with Crippen LogP contribution in [0.25, 0.3) is 0 Å². The predicted molar refractivity (Wildman–Crippen MR) is 79.4 cm³/mol. The third-order valence-corrected chi connectivity index (χ3v) is 4.37. The fourth-order valence-corrected chi connectivity index (χ4v) is 2.66. The number of alkyl halides is 1. The number of rotatable bonds is 3. The molecule has 1 heterocycles. The topological polar surface area (TPSA) is 35.0 Å². The van der Waals surface area contributed by atoms with Gasteiger partial charge in [0.15, 0.2) is 4.51 Å². The van der Waals surface area contributed by atoms with E-state index in [9.17, 15) is 0 Å². The molecule has 1 unspecified atom stereocenters. The van der Waals surface area contributed by atoms with Crippen molar-refractivity contribution in [3.8, 4) is 0 Å². The van der Waals surface area contributed by atoms with Gasteiger partial charge in [0.05, 0.1) is 17.1 Å². The van der Waals surface area contributed by atoms with Crippen LogP contribution in [0.3, 0.4) is 0 Å². The molecule has 4 heteroatoms. The van der Waals surface area contributed by atoms with Gasteiger partial charge in [0, 0.05) is 12.7 Å². The first-order valence-corrected chi connectivity index (χ1v) is 6.90. The van der Waals surface area contributed by atoms with Crippen LogP contribution < -0.4 is 0 Å². The second-order valence-electron chi connectivity index (χ2n) is 4.49. The van der Waals surface area contributed by atoms with Gasteiger partial charge in [0.1, 0.15) is 5.69 Å². The molecule has 0 spiro atoms. The lowest BCUT2D eigenvalue weighted by Gasteiger charge is -2.27. The maximum atomic E-state index is 5.70. The molecule has 0 fully saturated rings. The Morgan fingerprint density at radius 2 is 1.53 bits per heavy atom. The van der Waals surface area contributed by atoms with E-state index in [0.29, 0.717) is 0 Å². The zero-order valence-electron chi connectivity index (χ0n) is 11.6. The van der Waals surface area contributed by atoms with E-state index in [-0.39, 0.29) is 0 Å². The lowest BCUT2D eigenvalue weighted by atomic mass is 10.0.